The molecule has 2 aliphatic carbocycles. The Balaban J connectivity index is 1.93. The Morgan fingerprint density at radius 2 is 1.95 bits per heavy atom. The maximum absolute atomic E-state index is 13.2. The fraction of sp³-hybridized carbons (Fsp3) is 0.632. The van der Waals surface area contributed by atoms with E-state index in [4.69, 9.17) is 4.74 Å². The van der Waals surface area contributed by atoms with Crippen molar-refractivity contribution in [3.05, 3.63) is 35.4 Å². The maximum Gasteiger partial charge on any atom is 0.194 e. The molecule has 114 valence electrons. The molecule has 1 aromatic rings. The van der Waals surface area contributed by atoms with Crippen LogP contribution in [0.2, 0.25) is 0 Å². The summed E-state index contributed by atoms with van der Waals surface area (Å²) in [4.78, 5) is 13.2. The minimum absolute atomic E-state index is 0.221. The van der Waals surface area contributed by atoms with E-state index in [1.54, 1.807) is 7.11 Å². The SMILES string of the molecule is COC1(C(=O)c2ccccc2C2CCC2)CCCC(C)C1. The fourth-order valence-corrected chi connectivity index (χ4v) is 4.01. The number of carbonyl (C=O) groups excluding carboxylic acids is 1. The van der Waals surface area contributed by atoms with Gasteiger partial charge in [-0.3, -0.25) is 4.79 Å². The third-order valence-corrected chi connectivity index (χ3v) is 5.51. The third-order valence-electron chi connectivity index (χ3n) is 5.51. The maximum atomic E-state index is 13.2. The van der Waals surface area contributed by atoms with Gasteiger partial charge in [-0.2, -0.15) is 0 Å². The van der Waals surface area contributed by atoms with E-state index < -0.39 is 5.60 Å². The molecule has 0 heterocycles. The quantitative estimate of drug-likeness (QED) is 0.748. The standard InChI is InChI=1S/C19H26O2/c1-14-7-6-12-19(13-14,21-2)18(20)17-11-4-3-10-16(17)15-8-5-9-15/h3-4,10-11,14-15H,5-9,12-13H2,1-2H3. The largest absolute Gasteiger partial charge is 0.370 e. The second-order valence-electron chi connectivity index (χ2n) is 6.94. The summed E-state index contributed by atoms with van der Waals surface area (Å²) in [5, 5.41) is 0. The van der Waals surface area contributed by atoms with Crippen LogP contribution >= 0.6 is 0 Å². The summed E-state index contributed by atoms with van der Waals surface area (Å²) in [5.74, 6) is 1.37. The summed E-state index contributed by atoms with van der Waals surface area (Å²) in [6.45, 7) is 2.23. The van der Waals surface area contributed by atoms with Crippen LogP contribution in [-0.4, -0.2) is 18.5 Å². The highest BCUT2D eigenvalue weighted by molar-refractivity contribution is 6.04. The number of hydrogen-bond acceptors (Lipinski definition) is 2. The Kier molecular flexibility index (Phi) is 4.17. The number of methoxy groups -OCH3 is 1. The lowest BCUT2D eigenvalue weighted by atomic mass is 9.71. The van der Waals surface area contributed by atoms with Crippen molar-refractivity contribution in [2.75, 3.05) is 7.11 Å². The Morgan fingerprint density at radius 3 is 2.57 bits per heavy atom. The Morgan fingerprint density at radius 1 is 1.19 bits per heavy atom. The van der Waals surface area contributed by atoms with Crippen molar-refractivity contribution in [1.82, 2.24) is 0 Å². The Bertz CT molecular complexity index is 518. The highest BCUT2D eigenvalue weighted by Gasteiger charge is 2.43. The first-order valence-electron chi connectivity index (χ1n) is 8.35. The smallest absolute Gasteiger partial charge is 0.194 e. The van der Waals surface area contributed by atoms with Crippen molar-refractivity contribution >= 4 is 5.78 Å². The molecular formula is C19H26O2. The zero-order chi connectivity index (χ0) is 14.9. The monoisotopic (exact) mass is 286 g/mol. The molecule has 2 unspecified atom stereocenters. The van der Waals surface area contributed by atoms with E-state index >= 15 is 0 Å². The molecule has 0 spiro atoms. The third kappa shape index (κ3) is 2.66. The molecule has 2 atom stereocenters. The van der Waals surface area contributed by atoms with Crippen molar-refractivity contribution in [1.29, 1.82) is 0 Å². The first-order chi connectivity index (χ1) is 10.2. The van der Waals surface area contributed by atoms with Gasteiger partial charge in [0.1, 0.15) is 5.60 Å². The molecule has 3 rings (SSSR count). The first kappa shape index (κ1) is 14.8. The fourth-order valence-electron chi connectivity index (χ4n) is 4.01. The number of hydrogen-bond donors (Lipinski definition) is 0. The summed E-state index contributed by atoms with van der Waals surface area (Å²) in [7, 11) is 1.71. The molecule has 21 heavy (non-hydrogen) atoms. The van der Waals surface area contributed by atoms with Crippen molar-refractivity contribution in [3.8, 4) is 0 Å². The van der Waals surface area contributed by atoms with Gasteiger partial charge in [0.05, 0.1) is 0 Å². The number of ketones is 1. The molecule has 2 aliphatic rings. The topological polar surface area (TPSA) is 26.3 Å². The Hall–Kier alpha value is -1.15. The number of rotatable bonds is 4. The number of benzene rings is 1. The first-order valence-corrected chi connectivity index (χ1v) is 8.35. The van der Waals surface area contributed by atoms with E-state index in [1.165, 1.54) is 31.2 Å². The van der Waals surface area contributed by atoms with Crippen molar-refractivity contribution in [2.45, 2.75) is 63.4 Å². The number of ether oxygens (including phenoxy) is 1. The van der Waals surface area contributed by atoms with Gasteiger partial charge in [0.25, 0.3) is 0 Å². The predicted octanol–water partition coefficient (Wildman–Crippen LogP) is 4.73. The van der Waals surface area contributed by atoms with Crippen molar-refractivity contribution in [3.63, 3.8) is 0 Å². The van der Waals surface area contributed by atoms with E-state index in [-0.39, 0.29) is 5.78 Å². The molecule has 1 aromatic carbocycles. The zero-order valence-electron chi connectivity index (χ0n) is 13.2. The van der Waals surface area contributed by atoms with Gasteiger partial charge >= 0.3 is 0 Å². The molecule has 0 bridgehead atoms. The lowest BCUT2D eigenvalue weighted by molar-refractivity contribution is -0.0303. The molecule has 0 aliphatic heterocycles. The Labute approximate surface area is 127 Å². The van der Waals surface area contributed by atoms with Gasteiger partial charge < -0.3 is 4.74 Å². The van der Waals surface area contributed by atoms with Crippen LogP contribution in [0.3, 0.4) is 0 Å². The van der Waals surface area contributed by atoms with Crippen LogP contribution in [0.4, 0.5) is 0 Å². The molecule has 0 amide bonds. The number of Topliss-reactive ketones (excluding diaryl/α,β-unsaturated/α-hetero) is 1. The molecule has 2 heteroatoms. The average molecular weight is 286 g/mol. The summed E-state index contributed by atoms with van der Waals surface area (Å²) in [6.07, 6.45) is 7.77. The minimum atomic E-state index is -0.586. The van der Waals surface area contributed by atoms with Crippen LogP contribution in [0.15, 0.2) is 24.3 Å². The molecule has 0 aromatic heterocycles. The predicted molar refractivity (Wildman–Crippen MR) is 84.7 cm³/mol. The molecule has 2 nitrogen and oxygen atoms in total. The van der Waals surface area contributed by atoms with Gasteiger partial charge in [-0.1, -0.05) is 44.0 Å². The second-order valence-corrected chi connectivity index (χ2v) is 6.94. The zero-order valence-corrected chi connectivity index (χ0v) is 13.2. The van der Waals surface area contributed by atoms with E-state index in [0.717, 1.165) is 24.8 Å². The van der Waals surface area contributed by atoms with Crippen LogP contribution < -0.4 is 0 Å². The van der Waals surface area contributed by atoms with Crippen molar-refractivity contribution in [2.24, 2.45) is 5.92 Å². The van der Waals surface area contributed by atoms with Gasteiger partial charge in [0, 0.05) is 12.7 Å². The molecule has 0 N–H and O–H groups in total. The molecule has 2 saturated carbocycles. The van der Waals surface area contributed by atoms with E-state index in [1.807, 2.05) is 12.1 Å². The van der Waals surface area contributed by atoms with Gasteiger partial charge in [-0.25, -0.2) is 0 Å². The molecule has 0 saturated heterocycles. The van der Waals surface area contributed by atoms with Gasteiger partial charge in [-0.05, 0) is 49.5 Å². The van der Waals surface area contributed by atoms with Crippen molar-refractivity contribution < 1.29 is 9.53 Å². The van der Waals surface area contributed by atoms with Crippen LogP contribution in [-0.2, 0) is 4.74 Å². The minimum Gasteiger partial charge on any atom is -0.370 e. The lowest BCUT2D eigenvalue weighted by Gasteiger charge is -2.38. The highest BCUT2D eigenvalue weighted by Crippen LogP contribution is 2.42. The molecular weight excluding hydrogens is 260 g/mol. The van der Waals surface area contributed by atoms with Crippen LogP contribution in [0, 0.1) is 5.92 Å². The average Bonchev–Trinajstić information content (AvgIpc) is 2.45. The van der Waals surface area contributed by atoms with E-state index in [0.29, 0.717) is 11.8 Å². The van der Waals surface area contributed by atoms with E-state index in [2.05, 4.69) is 19.1 Å². The molecule has 2 fully saturated rings. The van der Waals surface area contributed by atoms with Crippen LogP contribution in [0.1, 0.15) is 73.7 Å². The highest BCUT2D eigenvalue weighted by atomic mass is 16.5. The molecule has 0 radical (unpaired) electrons. The summed E-state index contributed by atoms with van der Waals surface area (Å²) in [5.41, 5.74) is 1.58. The van der Waals surface area contributed by atoms with Gasteiger partial charge in [0.2, 0.25) is 0 Å². The normalized spacial score (nSPS) is 29.9. The van der Waals surface area contributed by atoms with E-state index in [9.17, 15) is 4.79 Å². The van der Waals surface area contributed by atoms with Gasteiger partial charge in [-0.15, -0.1) is 0 Å². The second kappa shape index (κ2) is 5.92. The summed E-state index contributed by atoms with van der Waals surface area (Å²) >= 11 is 0. The summed E-state index contributed by atoms with van der Waals surface area (Å²) < 4.78 is 5.80. The lowest BCUT2D eigenvalue weighted by Crippen LogP contribution is -2.45. The number of carbonyl (C=O) groups is 1. The van der Waals surface area contributed by atoms with Crippen LogP contribution in [0.5, 0.6) is 0 Å². The van der Waals surface area contributed by atoms with Gasteiger partial charge in [0.15, 0.2) is 5.78 Å². The van der Waals surface area contributed by atoms with Crippen LogP contribution in [0.25, 0.3) is 0 Å². The summed E-state index contributed by atoms with van der Waals surface area (Å²) in [6, 6.07) is 8.21.